The van der Waals surface area contributed by atoms with Crippen molar-refractivity contribution in [2.24, 2.45) is 0 Å². The van der Waals surface area contributed by atoms with E-state index in [4.69, 9.17) is 22.0 Å². The molecular weight excluding hydrogens is 208 g/mol. The minimum Gasteiger partial charge on any atom is -0.475 e. The molecule has 1 heterocycles. The van der Waals surface area contributed by atoms with E-state index in [-0.39, 0.29) is 10.7 Å². The molecule has 1 N–H and O–H groups in total. The van der Waals surface area contributed by atoms with Gasteiger partial charge in [0, 0.05) is 12.8 Å². The van der Waals surface area contributed by atoms with Gasteiger partial charge in [-0.15, -0.1) is 0 Å². The van der Waals surface area contributed by atoms with Crippen LogP contribution in [0.4, 0.5) is 0 Å². The summed E-state index contributed by atoms with van der Waals surface area (Å²) >= 11 is 5.47. The van der Waals surface area contributed by atoms with E-state index < -0.39 is 11.8 Å². The third kappa shape index (κ3) is 2.84. The molecule has 0 aromatic carbocycles. The average molecular weight is 213 g/mol. The minimum atomic E-state index is -1.54. The number of hydrogen-bond donors (Lipinski definition) is 1. The number of Topliss-reactive ketones (excluding diaryl/α,β-unsaturated/α-hetero) is 1. The Morgan fingerprint density at radius 2 is 2.07 bits per heavy atom. The van der Waals surface area contributed by atoms with E-state index in [9.17, 15) is 9.59 Å². The summed E-state index contributed by atoms with van der Waals surface area (Å²) in [5.41, 5.74) is -0.0910. The second-order valence-corrected chi connectivity index (χ2v) is 2.33. The summed E-state index contributed by atoms with van der Waals surface area (Å²) in [4.78, 5) is 24.6. The standard InChI is InChI=1S/C7H4ClNO3.CHN/c8-6-4(2-1-3-9-6)5(10)7(11)12;1-2/h1-3H,(H,11,12);1H. The van der Waals surface area contributed by atoms with E-state index in [0.29, 0.717) is 0 Å². The smallest absolute Gasteiger partial charge is 0.377 e. The largest absolute Gasteiger partial charge is 0.475 e. The van der Waals surface area contributed by atoms with E-state index in [0.717, 1.165) is 0 Å². The second-order valence-electron chi connectivity index (χ2n) is 1.98. The third-order valence-corrected chi connectivity index (χ3v) is 1.50. The summed E-state index contributed by atoms with van der Waals surface area (Å²) in [5.74, 6) is -2.59. The van der Waals surface area contributed by atoms with Gasteiger partial charge in [-0.1, -0.05) is 11.6 Å². The lowest BCUT2D eigenvalue weighted by atomic mass is 10.2. The molecule has 0 spiro atoms. The van der Waals surface area contributed by atoms with Crippen molar-refractivity contribution in [1.82, 2.24) is 4.98 Å². The lowest BCUT2D eigenvalue weighted by Crippen LogP contribution is -2.13. The molecule has 1 aromatic rings. The van der Waals surface area contributed by atoms with Crippen molar-refractivity contribution in [3.05, 3.63) is 29.0 Å². The van der Waals surface area contributed by atoms with E-state index in [1.54, 1.807) is 0 Å². The van der Waals surface area contributed by atoms with Crippen LogP contribution in [0.25, 0.3) is 0 Å². The van der Waals surface area contributed by atoms with Gasteiger partial charge in [-0.2, -0.15) is 0 Å². The molecule has 1 aromatic heterocycles. The first-order valence-electron chi connectivity index (χ1n) is 3.27. The van der Waals surface area contributed by atoms with Crippen LogP contribution in [-0.2, 0) is 4.79 Å². The fourth-order valence-electron chi connectivity index (χ4n) is 0.671. The van der Waals surface area contributed by atoms with Crippen LogP contribution in [-0.4, -0.2) is 21.8 Å². The topological polar surface area (TPSA) is 91.0 Å². The highest BCUT2D eigenvalue weighted by Crippen LogP contribution is 2.11. The Kier molecular flexibility index (Phi) is 4.89. The van der Waals surface area contributed by atoms with Crippen molar-refractivity contribution in [3.63, 3.8) is 0 Å². The number of aliphatic carboxylic acids is 1. The maximum atomic E-state index is 10.8. The quantitative estimate of drug-likeness (QED) is 0.451. The number of ketones is 1. The summed E-state index contributed by atoms with van der Waals surface area (Å²) in [7, 11) is 0. The summed E-state index contributed by atoms with van der Waals surface area (Å²) in [6.45, 7) is 3.50. The van der Waals surface area contributed by atoms with E-state index in [1.165, 1.54) is 18.3 Å². The van der Waals surface area contributed by atoms with Crippen molar-refractivity contribution in [3.8, 4) is 6.57 Å². The number of nitrogens with zero attached hydrogens (tertiary/aromatic N) is 2. The van der Waals surface area contributed by atoms with Gasteiger partial charge in [0.15, 0.2) is 0 Å². The molecule has 0 atom stereocenters. The van der Waals surface area contributed by atoms with Gasteiger partial charge in [0.05, 0.1) is 5.56 Å². The molecular formula is C8H5ClN2O3. The Morgan fingerprint density at radius 1 is 1.50 bits per heavy atom. The highest BCUT2D eigenvalue weighted by molar-refractivity contribution is 6.44. The second kappa shape index (κ2) is 5.67. The molecule has 0 amide bonds. The predicted molar refractivity (Wildman–Crippen MR) is 47.9 cm³/mol. The fourth-order valence-corrected chi connectivity index (χ4v) is 0.876. The van der Waals surface area contributed by atoms with Crippen LogP contribution in [0.5, 0.6) is 0 Å². The number of aromatic nitrogens is 1. The zero-order chi connectivity index (χ0) is 11.1. The fraction of sp³-hybridized carbons (Fsp3) is 0. The van der Waals surface area contributed by atoms with Crippen LogP contribution < -0.4 is 0 Å². The third-order valence-electron chi connectivity index (χ3n) is 1.20. The summed E-state index contributed by atoms with van der Waals surface area (Å²) in [5, 5.41) is 14.7. The zero-order valence-electron chi connectivity index (χ0n) is 6.85. The molecule has 14 heavy (non-hydrogen) atoms. The number of hydrogen-bond acceptors (Lipinski definition) is 4. The van der Waals surface area contributed by atoms with Crippen LogP contribution in [0.15, 0.2) is 18.3 Å². The number of nitriles is 1. The van der Waals surface area contributed by atoms with Crippen molar-refractivity contribution >= 4 is 23.4 Å². The monoisotopic (exact) mass is 212 g/mol. The van der Waals surface area contributed by atoms with Crippen LogP contribution in [0.3, 0.4) is 0 Å². The Hall–Kier alpha value is -1.93. The number of carbonyl (C=O) groups is 2. The van der Waals surface area contributed by atoms with Gasteiger partial charge in [0.1, 0.15) is 5.15 Å². The summed E-state index contributed by atoms with van der Waals surface area (Å²) in [6.07, 6.45) is 1.38. The normalized spacial score (nSPS) is 8.21. The number of carbonyl (C=O) groups excluding carboxylic acids is 1. The molecule has 72 valence electrons. The van der Waals surface area contributed by atoms with Gasteiger partial charge in [-0.25, -0.2) is 15.0 Å². The first kappa shape index (κ1) is 12.1. The van der Waals surface area contributed by atoms with E-state index in [1.807, 2.05) is 0 Å². The Morgan fingerprint density at radius 3 is 2.50 bits per heavy atom. The van der Waals surface area contributed by atoms with Crippen molar-refractivity contribution in [1.29, 1.82) is 5.26 Å². The molecule has 0 radical (unpaired) electrons. The van der Waals surface area contributed by atoms with Crippen LogP contribution in [0, 0.1) is 11.8 Å². The molecule has 0 aliphatic heterocycles. The Labute approximate surface area is 84.6 Å². The molecule has 0 aliphatic carbocycles. The number of pyridine rings is 1. The maximum Gasteiger partial charge on any atom is 0.377 e. The van der Waals surface area contributed by atoms with Gasteiger partial charge >= 0.3 is 5.97 Å². The molecule has 5 nitrogen and oxygen atoms in total. The molecule has 6 heteroatoms. The van der Waals surface area contributed by atoms with Crippen LogP contribution in [0.2, 0.25) is 5.15 Å². The lowest BCUT2D eigenvalue weighted by Gasteiger charge is -1.95. The lowest BCUT2D eigenvalue weighted by molar-refractivity contribution is -0.131. The number of carboxylic acid groups (broad SMARTS) is 1. The van der Waals surface area contributed by atoms with Gasteiger partial charge in [-0.05, 0) is 12.1 Å². The predicted octanol–water partition coefficient (Wildman–Crippen LogP) is 1.14. The summed E-state index contributed by atoms with van der Waals surface area (Å²) < 4.78 is 0. The molecule has 1 rings (SSSR count). The van der Waals surface area contributed by atoms with Crippen molar-refractivity contribution in [2.75, 3.05) is 0 Å². The Bertz CT molecular complexity index is 376. The molecule has 0 saturated heterocycles. The van der Waals surface area contributed by atoms with Crippen LogP contribution in [0.1, 0.15) is 10.4 Å². The van der Waals surface area contributed by atoms with Crippen molar-refractivity contribution in [2.45, 2.75) is 0 Å². The first-order chi connectivity index (χ1) is 6.63. The molecule has 0 unspecified atom stereocenters. The number of carboxylic acids is 1. The minimum absolute atomic E-state index is 0.0910. The van der Waals surface area contributed by atoms with Crippen LogP contribution >= 0.6 is 11.6 Å². The van der Waals surface area contributed by atoms with E-state index >= 15 is 0 Å². The SMILES string of the molecule is C#N.O=C(O)C(=O)c1cccnc1Cl. The maximum absolute atomic E-state index is 10.8. The highest BCUT2D eigenvalue weighted by atomic mass is 35.5. The zero-order valence-corrected chi connectivity index (χ0v) is 7.60. The van der Waals surface area contributed by atoms with Gasteiger partial charge in [0.2, 0.25) is 0 Å². The molecule has 0 aliphatic rings. The average Bonchev–Trinajstić information content (AvgIpc) is 2.20. The molecule has 0 fully saturated rings. The van der Waals surface area contributed by atoms with Crippen molar-refractivity contribution < 1.29 is 14.7 Å². The number of rotatable bonds is 2. The van der Waals surface area contributed by atoms with Gasteiger partial charge in [0.25, 0.3) is 5.78 Å². The van der Waals surface area contributed by atoms with Gasteiger partial charge in [-0.3, -0.25) is 4.79 Å². The number of halogens is 1. The molecule has 0 bridgehead atoms. The summed E-state index contributed by atoms with van der Waals surface area (Å²) in [6, 6.07) is 2.76. The van der Waals surface area contributed by atoms with E-state index in [2.05, 4.69) is 11.6 Å². The Balaban J connectivity index is 0.000000791. The highest BCUT2D eigenvalue weighted by Gasteiger charge is 2.17. The molecule has 0 saturated carbocycles. The van der Waals surface area contributed by atoms with Gasteiger partial charge < -0.3 is 5.11 Å². The first-order valence-corrected chi connectivity index (χ1v) is 3.64.